The van der Waals surface area contributed by atoms with Gasteiger partial charge in [-0.15, -0.1) is 0 Å². The second-order valence-corrected chi connectivity index (χ2v) is 6.31. The van der Waals surface area contributed by atoms with E-state index in [2.05, 4.69) is 91.2 Å². The lowest BCUT2D eigenvalue weighted by molar-refractivity contribution is 0.570. The Labute approximate surface area is 146 Å². The quantitative estimate of drug-likeness (QED) is 0.684. The molecule has 0 aliphatic carbocycles. The van der Waals surface area contributed by atoms with Gasteiger partial charge in [-0.3, -0.25) is 0 Å². The third-order valence-corrected chi connectivity index (χ3v) is 5.03. The molecule has 0 spiro atoms. The molecule has 1 aliphatic rings. The van der Waals surface area contributed by atoms with E-state index in [-0.39, 0.29) is 0 Å². The van der Waals surface area contributed by atoms with Gasteiger partial charge in [-0.25, -0.2) is 0 Å². The minimum atomic E-state index is 0.493. The summed E-state index contributed by atoms with van der Waals surface area (Å²) in [7, 11) is 0. The van der Waals surface area contributed by atoms with Gasteiger partial charge in [0, 0.05) is 17.1 Å². The lowest BCUT2D eigenvalue weighted by Crippen LogP contribution is -2.50. The maximum absolute atomic E-state index is 2.56. The minimum Gasteiger partial charge on any atom is -0.347 e. The van der Waals surface area contributed by atoms with Crippen LogP contribution in [0.1, 0.15) is 40.0 Å². The lowest BCUT2D eigenvalue weighted by Gasteiger charge is -2.46. The predicted molar refractivity (Wildman–Crippen MR) is 104 cm³/mol. The van der Waals surface area contributed by atoms with Crippen LogP contribution in [-0.4, -0.2) is 12.7 Å². The van der Waals surface area contributed by atoms with E-state index in [9.17, 15) is 0 Å². The van der Waals surface area contributed by atoms with Crippen molar-refractivity contribution in [2.75, 3.05) is 16.5 Å². The van der Waals surface area contributed by atoms with E-state index in [4.69, 9.17) is 0 Å². The molecule has 0 bridgehead atoms. The molecule has 2 nitrogen and oxygen atoms in total. The highest BCUT2D eigenvalue weighted by atomic mass is 15.4. The number of benzene rings is 2. The Hall–Kier alpha value is -2.22. The van der Waals surface area contributed by atoms with Crippen molar-refractivity contribution < 1.29 is 0 Å². The van der Waals surface area contributed by atoms with Gasteiger partial charge in [0.1, 0.15) is 0 Å². The minimum absolute atomic E-state index is 0.493. The summed E-state index contributed by atoms with van der Waals surface area (Å²) >= 11 is 0. The summed E-state index contributed by atoms with van der Waals surface area (Å²) in [6.07, 6.45) is 3.33. The molecule has 0 N–H and O–H groups in total. The van der Waals surface area contributed by atoms with Crippen molar-refractivity contribution in [1.82, 2.24) is 0 Å². The van der Waals surface area contributed by atoms with Crippen LogP contribution in [0.25, 0.3) is 0 Å². The maximum Gasteiger partial charge on any atom is 0.0954 e. The summed E-state index contributed by atoms with van der Waals surface area (Å²) in [5, 5.41) is 0. The normalized spacial score (nSPS) is 18.2. The molecule has 2 aromatic carbocycles. The lowest BCUT2D eigenvalue weighted by atomic mass is 9.93. The molecule has 0 saturated heterocycles. The van der Waals surface area contributed by atoms with Crippen LogP contribution in [-0.2, 0) is 0 Å². The molecule has 0 fully saturated rings. The van der Waals surface area contributed by atoms with Crippen LogP contribution in [0.15, 0.2) is 71.9 Å². The van der Waals surface area contributed by atoms with Crippen molar-refractivity contribution in [2.24, 2.45) is 0 Å². The summed E-state index contributed by atoms with van der Waals surface area (Å²) in [5.74, 6) is 0. The number of para-hydroxylation sites is 2. The third-order valence-electron chi connectivity index (χ3n) is 5.03. The molecule has 1 atom stereocenters. The highest BCUT2D eigenvalue weighted by Gasteiger charge is 2.31. The summed E-state index contributed by atoms with van der Waals surface area (Å²) in [6.45, 7) is 7.80. The number of anilines is 2. The Morgan fingerprint density at radius 2 is 1.38 bits per heavy atom. The Kier molecular flexibility index (Phi) is 5.24. The molecule has 3 rings (SSSR count). The van der Waals surface area contributed by atoms with E-state index in [1.165, 1.54) is 17.1 Å². The number of nitrogens with zero attached hydrogens (tertiary/aromatic N) is 2. The first-order chi connectivity index (χ1) is 11.8. The van der Waals surface area contributed by atoms with Crippen LogP contribution in [0.2, 0.25) is 0 Å². The van der Waals surface area contributed by atoms with Crippen LogP contribution in [0, 0.1) is 0 Å². The van der Waals surface area contributed by atoms with Gasteiger partial charge in [-0.1, -0.05) is 57.2 Å². The molecule has 1 unspecified atom stereocenters. The standard InChI is InChI=1S/C22H28N2/c1-4-20-21(5-2)23(18-13-9-7-10-14-18)17-24(22(20)6-3)19-15-11-8-12-16-19/h7-16,21H,4-6,17H2,1-3H3. The largest absolute Gasteiger partial charge is 0.347 e. The van der Waals surface area contributed by atoms with Crippen molar-refractivity contribution in [3.63, 3.8) is 0 Å². The van der Waals surface area contributed by atoms with E-state index in [1.807, 2.05) is 0 Å². The molecule has 2 aromatic rings. The van der Waals surface area contributed by atoms with Crippen molar-refractivity contribution in [2.45, 2.75) is 46.1 Å². The molecule has 2 heteroatoms. The van der Waals surface area contributed by atoms with Gasteiger partial charge in [0.25, 0.3) is 0 Å². The second kappa shape index (κ2) is 7.57. The number of hydrogen-bond acceptors (Lipinski definition) is 2. The Bertz CT molecular complexity index is 676. The first-order valence-corrected chi connectivity index (χ1v) is 9.16. The first-order valence-electron chi connectivity index (χ1n) is 9.16. The summed E-state index contributed by atoms with van der Waals surface area (Å²) in [4.78, 5) is 5.06. The molecule has 0 saturated carbocycles. The number of hydrogen-bond donors (Lipinski definition) is 0. The Morgan fingerprint density at radius 1 is 0.792 bits per heavy atom. The summed E-state index contributed by atoms with van der Waals surface area (Å²) in [6, 6.07) is 22.1. The van der Waals surface area contributed by atoms with Crippen LogP contribution < -0.4 is 9.80 Å². The molecular weight excluding hydrogens is 292 g/mol. The van der Waals surface area contributed by atoms with E-state index < -0.39 is 0 Å². The fourth-order valence-corrected chi connectivity index (χ4v) is 3.94. The van der Waals surface area contributed by atoms with Gasteiger partial charge in [-0.05, 0) is 49.1 Å². The zero-order valence-electron chi connectivity index (χ0n) is 15.1. The molecule has 0 radical (unpaired) electrons. The van der Waals surface area contributed by atoms with Crippen molar-refractivity contribution in [3.05, 3.63) is 71.9 Å². The molecule has 1 heterocycles. The number of allylic oxidation sites excluding steroid dienone is 1. The smallest absolute Gasteiger partial charge is 0.0954 e. The predicted octanol–water partition coefficient (Wildman–Crippen LogP) is 5.82. The van der Waals surface area contributed by atoms with Gasteiger partial charge in [-0.2, -0.15) is 0 Å². The first kappa shape index (κ1) is 16.6. The van der Waals surface area contributed by atoms with Crippen LogP contribution in [0.5, 0.6) is 0 Å². The molecule has 1 aliphatic heterocycles. The summed E-state index contributed by atoms with van der Waals surface area (Å²) < 4.78 is 0. The second-order valence-electron chi connectivity index (χ2n) is 6.31. The highest BCUT2D eigenvalue weighted by Crippen LogP contribution is 2.36. The molecular formula is C22H28N2. The van der Waals surface area contributed by atoms with Gasteiger partial charge in [0.05, 0.1) is 12.7 Å². The summed E-state index contributed by atoms with van der Waals surface area (Å²) in [5.41, 5.74) is 5.68. The van der Waals surface area contributed by atoms with Gasteiger partial charge in [0.15, 0.2) is 0 Å². The van der Waals surface area contributed by atoms with E-state index >= 15 is 0 Å². The molecule has 126 valence electrons. The number of rotatable bonds is 5. The van der Waals surface area contributed by atoms with Crippen LogP contribution in [0.4, 0.5) is 11.4 Å². The SMILES string of the molecule is CCC1=C(CC)N(c2ccccc2)CN(c2ccccc2)C1CC. The fourth-order valence-electron chi connectivity index (χ4n) is 3.94. The maximum atomic E-state index is 2.56. The average Bonchev–Trinajstić information content (AvgIpc) is 2.67. The third kappa shape index (κ3) is 3.06. The van der Waals surface area contributed by atoms with Crippen molar-refractivity contribution in [3.8, 4) is 0 Å². The molecule has 0 aromatic heterocycles. The van der Waals surface area contributed by atoms with Crippen LogP contribution >= 0.6 is 0 Å². The fraction of sp³-hybridized carbons (Fsp3) is 0.364. The van der Waals surface area contributed by atoms with Gasteiger partial charge < -0.3 is 9.80 Å². The monoisotopic (exact) mass is 320 g/mol. The van der Waals surface area contributed by atoms with E-state index in [0.29, 0.717) is 6.04 Å². The van der Waals surface area contributed by atoms with E-state index in [1.54, 1.807) is 5.57 Å². The van der Waals surface area contributed by atoms with Gasteiger partial charge >= 0.3 is 0 Å². The van der Waals surface area contributed by atoms with Gasteiger partial charge in [0.2, 0.25) is 0 Å². The van der Waals surface area contributed by atoms with Crippen molar-refractivity contribution >= 4 is 11.4 Å². The zero-order chi connectivity index (χ0) is 16.9. The Morgan fingerprint density at radius 3 is 1.88 bits per heavy atom. The highest BCUT2D eigenvalue weighted by molar-refractivity contribution is 5.61. The molecule has 0 amide bonds. The molecule has 24 heavy (non-hydrogen) atoms. The van der Waals surface area contributed by atoms with Crippen molar-refractivity contribution in [1.29, 1.82) is 0 Å². The topological polar surface area (TPSA) is 6.48 Å². The average molecular weight is 320 g/mol. The van der Waals surface area contributed by atoms with Crippen LogP contribution in [0.3, 0.4) is 0 Å². The Balaban J connectivity index is 2.09. The zero-order valence-corrected chi connectivity index (χ0v) is 15.1. The van der Waals surface area contributed by atoms with E-state index in [0.717, 1.165) is 25.9 Å².